The molecule has 12 heteroatoms. The van der Waals surface area contributed by atoms with E-state index in [1.54, 1.807) is 24.3 Å². The van der Waals surface area contributed by atoms with Crippen LogP contribution >= 0.6 is 0 Å². The maximum atomic E-state index is 13.6. The van der Waals surface area contributed by atoms with Crippen molar-refractivity contribution in [3.05, 3.63) is 71.8 Å². The molecule has 228 valence electrons. The third kappa shape index (κ3) is 11.6. The molecule has 0 saturated heterocycles. The Kier molecular flexibility index (Phi) is 14.0. The van der Waals surface area contributed by atoms with Gasteiger partial charge in [-0.25, -0.2) is 4.79 Å². The van der Waals surface area contributed by atoms with E-state index >= 15 is 0 Å². The Morgan fingerprint density at radius 2 is 1.24 bits per heavy atom. The fourth-order valence-corrected chi connectivity index (χ4v) is 4.20. The molecule has 2 rings (SSSR count). The number of rotatable bonds is 17. The zero-order valence-electron chi connectivity index (χ0n) is 24.2. The Morgan fingerprint density at radius 3 is 1.67 bits per heavy atom. The van der Waals surface area contributed by atoms with Crippen LogP contribution in [0.3, 0.4) is 0 Å². The molecule has 0 bridgehead atoms. The van der Waals surface area contributed by atoms with E-state index in [1.807, 2.05) is 50.2 Å². The number of carbonyl (C=O) groups excluding carboxylic acids is 3. The highest BCUT2D eigenvalue weighted by molar-refractivity contribution is 5.94. The van der Waals surface area contributed by atoms with Gasteiger partial charge in [0, 0.05) is 19.4 Å². The number of carboxylic acids is 1. The SMILES string of the molecule is CCC(C)C(N)C(=O)NC(Cc1ccccc1)C(=O)NC(Cc1ccccc1)C(=O)NC(CCCN=C(N)N)C(=O)O. The molecule has 2 aromatic carbocycles. The normalized spacial score (nSPS) is 14.4. The second kappa shape index (κ2) is 17.4. The predicted octanol–water partition coefficient (Wildman–Crippen LogP) is 0.438. The summed E-state index contributed by atoms with van der Waals surface area (Å²) in [7, 11) is 0. The van der Waals surface area contributed by atoms with Crippen LogP contribution in [-0.2, 0) is 32.0 Å². The first-order valence-electron chi connectivity index (χ1n) is 14.0. The average molecular weight is 582 g/mol. The van der Waals surface area contributed by atoms with E-state index in [0.717, 1.165) is 11.1 Å². The lowest BCUT2D eigenvalue weighted by molar-refractivity contribution is -0.142. The molecule has 0 aromatic heterocycles. The number of aliphatic carboxylic acids is 1. The van der Waals surface area contributed by atoms with E-state index in [9.17, 15) is 24.3 Å². The van der Waals surface area contributed by atoms with Crippen LogP contribution in [0.5, 0.6) is 0 Å². The number of guanidine groups is 1. The van der Waals surface area contributed by atoms with E-state index in [2.05, 4.69) is 20.9 Å². The Balaban J connectivity index is 2.28. The van der Waals surface area contributed by atoms with Crippen LogP contribution < -0.4 is 33.2 Å². The van der Waals surface area contributed by atoms with Gasteiger partial charge in [-0.1, -0.05) is 80.9 Å². The molecule has 42 heavy (non-hydrogen) atoms. The summed E-state index contributed by atoms with van der Waals surface area (Å²) in [5.41, 5.74) is 18.3. The van der Waals surface area contributed by atoms with Gasteiger partial charge in [0.1, 0.15) is 18.1 Å². The van der Waals surface area contributed by atoms with Crippen molar-refractivity contribution >= 4 is 29.7 Å². The summed E-state index contributed by atoms with van der Waals surface area (Å²) in [5, 5.41) is 17.7. The van der Waals surface area contributed by atoms with Crippen LogP contribution in [0.15, 0.2) is 65.7 Å². The fourth-order valence-electron chi connectivity index (χ4n) is 4.20. The maximum absolute atomic E-state index is 13.6. The number of nitrogens with two attached hydrogens (primary N) is 3. The monoisotopic (exact) mass is 581 g/mol. The van der Waals surface area contributed by atoms with Crippen LogP contribution in [0, 0.1) is 5.92 Å². The van der Waals surface area contributed by atoms with Crippen molar-refractivity contribution in [2.45, 2.75) is 70.1 Å². The lowest BCUT2D eigenvalue weighted by Crippen LogP contribution is -2.58. The van der Waals surface area contributed by atoms with Gasteiger partial charge in [-0.2, -0.15) is 0 Å². The number of amides is 3. The van der Waals surface area contributed by atoms with Crippen molar-refractivity contribution in [3.8, 4) is 0 Å². The van der Waals surface area contributed by atoms with Crippen molar-refractivity contribution < 1.29 is 24.3 Å². The van der Waals surface area contributed by atoms with Gasteiger partial charge in [0.2, 0.25) is 17.7 Å². The van der Waals surface area contributed by atoms with Gasteiger partial charge >= 0.3 is 5.97 Å². The lowest BCUT2D eigenvalue weighted by atomic mass is 9.98. The molecule has 5 unspecified atom stereocenters. The molecule has 10 N–H and O–H groups in total. The number of carbonyl (C=O) groups is 4. The number of hydrogen-bond donors (Lipinski definition) is 7. The highest BCUT2D eigenvalue weighted by Gasteiger charge is 2.31. The summed E-state index contributed by atoms with van der Waals surface area (Å²) in [5.74, 6) is -3.20. The molecule has 5 atom stereocenters. The Hall–Kier alpha value is -4.45. The second-order valence-electron chi connectivity index (χ2n) is 10.3. The van der Waals surface area contributed by atoms with Gasteiger partial charge in [-0.05, 0) is 29.9 Å². The molecule has 0 saturated carbocycles. The zero-order valence-corrected chi connectivity index (χ0v) is 24.2. The minimum absolute atomic E-state index is 0.0735. The summed E-state index contributed by atoms with van der Waals surface area (Å²) in [6.45, 7) is 3.97. The Bertz CT molecular complexity index is 1190. The van der Waals surface area contributed by atoms with E-state index in [1.165, 1.54) is 0 Å². The summed E-state index contributed by atoms with van der Waals surface area (Å²) < 4.78 is 0. The van der Waals surface area contributed by atoms with Crippen molar-refractivity contribution in [3.63, 3.8) is 0 Å². The highest BCUT2D eigenvalue weighted by Crippen LogP contribution is 2.10. The van der Waals surface area contributed by atoms with E-state index in [-0.39, 0.29) is 37.7 Å². The van der Waals surface area contributed by atoms with Gasteiger partial charge in [-0.15, -0.1) is 0 Å². The van der Waals surface area contributed by atoms with Gasteiger partial charge in [0.25, 0.3) is 0 Å². The second-order valence-corrected chi connectivity index (χ2v) is 10.3. The first-order chi connectivity index (χ1) is 20.0. The van der Waals surface area contributed by atoms with Crippen LogP contribution in [0.25, 0.3) is 0 Å². The number of hydrogen-bond acceptors (Lipinski definition) is 6. The number of benzene rings is 2. The standard InChI is InChI=1S/C30H43N7O5/c1-3-19(2)25(31)28(40)37-24(18-21-13-8-5-9-14-21)27(39)36-23(17-20-11-6-4-7-12-20)26(38)35-22(29(41)42)15-10-16-34-30(32)33/h4-9,11-14,19,22-25H,3,10,15-18,31H2,1-2H3,(H,35,38)(H,36,39)(H,37,40)(H,41,42)(H4,32,33,34). The van der Waals surface area contributed by atoms with Gasteiger partial charge in [0.05, 0.1) is 6.04 Å². The summed E-state index contributed by atoms with van der Waals surface area (Å²) in [6.07, 6.45) is 1.32. The van der Waals surface area contributed by atoms with Gasteiger partial charge in [-0.3, -0.25) is 19.4 Å². The van der Waals surface area contributed by atoms with Crippen LogP contribution in [-0.4, -0.2) is 65.5 Å². The Labute approximate surface area is 246 Å². The van der Waals surface area contributed by atoms with Gasteiger partial charge < -0.3 is 38.3 Å². The largest absolute Gasteiger partial charge is 0.480 e. The van der Waals surface area contributed by atoms with E-state index in [4.69, 9.17) is 17.2 Å². The molecule has 3 amide bonds. The molecule has 2 aromatic rings. The highest BCUT2D eigenvalue weighted by atomic mass is 16.4. The van der Waals surface area contributed by atoms with E-state index in [0.29, 0.717) is 12.8 Å². The third-order valence-corrected chi connectivity index (χ3v) is 6.95. The predicted molar refractivity (Wildman–Crippen MR) is 161 cm³/mol. The molecule has 0 aliphatic carbocycles. The lowest BCUT2D eigenvalue weighted by Gasteiger charge is -2.26. The number of nitrogens with zero attached hydrogens (tertiary/aromatic N) is 1. The molecule has 0 aliphatic rings. The van der Waals surface area contributed by atoms with Crippen LogP contribution in [0.4, 0.5) is 0 Å². The molecule has 0 fully saturated rings. The zero-order chi connectivity index (χ0) is 31.1. The average Bonchev–Trinajstić information content (AvgIpc) is 2.97. The minimum Gasteiger partial charge on any atom is -0.480 e. The van der Waals surface area contributed by atoms with Crippen LogP contribution in [0.2, 0.25) is 0 Å². The maximum Gasteiger partial charge on any atom is 0.326 e. The first-order valence-corrected chi connectivity index (χ1v) is 14.0. The molecule has 12 nitrogen and oxygen atoms in total. The third-order valence-electron chi connectivity index (χ3n) is 6.95. The van der Waals surface area contributed by atoms with Crippen molar-refractivity contribution in [1.82, 2.24) is 16.0 Å². The molecular formula is C30H43N7O5. The Morgan fingerprint density at radius 1 is 0.786 bits per heavy atom. The van der Waals surface area contributed by atoms with Gasteiger partial charge in [0.15, 0.2) is 5.96 Å². The number of carboxylic acid groups (broad SMARTS) is 1. The van der Waals surface area contributed by atoms with Crippen molar-refractivity contribution in [1.29, 1.82) is 0 Å². The molecule has 0 radical (unpaired) electrons. The first kappa shape index (κ1) is 33.8. The topological polar surface area (TPSA) is 215 Å². The number of nitrogens with one attached hydrogen (secondary N) is 3. The smallest absolute Gasteiger partial charge is 0.326 e. The minimum atomic E-state index is -1.23. The summed E-state index contributed by atoms with van der Waals surface area (Å²) in [4.78, 5) is 55.8. The number of aliphatic imine (C=N–C) groups is 1. The van der Waals surface area contributed by atoms with E-state index < -0.39 is 47.9 Å². The molecule has 0 heterocycles. The fraction of sp³-hybridized carbons (Fsp3) is 0.433. The van der Waals surface area contributed by atoms with Crippen LogP contribution in [0.1, 0.15) is 44.2 Å². The molecule has 0 spiro atoms. The van der Waals surface area contributed by atoms with Crippen molar-refractivity contribution in [2.24, 2.45) is 28.1 Å². The summed E-state index contributed by atoms with van der Waals surface area (Å²) >= 11 is 0. The molecule has 0 aliphatic heterocycles. The molecular weight excluding hydrogens is 538 g/mol. The summed E-state index contributed by atoms with van der Waals surface area (Å²) in [6, 6.07) is 13.9. The quantitative estimate of drug-likeness (QED) is 0.0788. The van der Waals surface area contributed by atoms with Crippen molar-refractivity contribution in [2.75, 3.05) is 6.54 Å².